The molecule has 3 aromatic rings. The molecule has 0 unspecified atom stereocenters. The van der Waals surface area contributed by atoms with Gasteiger partial charge in [0.15, 0.2) is 9.84 Å². The highest BCUT2D eigenvalue weighted by Gasteiger charge is 2.17. The van der Waals surface area contributed by atoms with E-state index in [-0.39, 0.29) is 34.5 Å². The monoisotopic (exact) mass is 466 g/mol. The second kappa shape index (κ2) is 9.96. The Morgan fingerprint density at radius 1 is 1.15 bits per heavy atom. The van der Waals surface area contributed by atoms with Crippen molar-refractivity contribution in [2.24, 2.45) is 7.05 Å². The summed E-state index contributed by atoms with van der Waals surface area (Å²) in [6.45, 7) is 5.50. The highest BCUT2D eigenvalue weighted by Crippen LogP contribution is 2.27. The normalized spacial score (nSPS) is 11.2. The lowest BCUT2D eigenvalue weighted by molar-refractivity contribution is 0.439. The molecule has 172 valence electrons. The van der Waals surface area contributed by atoms with Crippen molar-refractivity contribution >= 4 is 9.84 Å². The van der Waals surface area contributed by atoms with Crippen LogP contribution in [-0.2, 0) is 22.6 Å². The van der Waals surface area contributed by atoms with Gasteiger partial charge in [-0.15, -0.1) is 0 Å². The van der Waals surface area contributed by atoms with Crippen LogP contribution in [-0.4, -0.2) is 28.7 Å². The Balaban J connectivity index is 2.11. The van der Waals surface area contributed by atoms with Crippen LogP contribution in [0.4, 0.5) is 0 Å². The largest absolute Gasteiger partial charge is 0.423 e. The number of hydrogen-bond acceptors (Lipinski definition) is 7. The molecule has 0 fully saturated rings. The van der Waals surface area contributed by atoms with Crippen LogP contribution in [0.2, 0.25) is 0 Å². The Morgan fingerprint density at radius 2 is 1.91 bits per heavy atom. The number of sulfone groups is 1. The lowest BCUT2D eigenvalue weighted by Crippen LogP contribution is -2.18. The number of ether oxygens (including phenoxy) is 1. The molecule has 0 spiro atoms. The molecular weight excluding hydrogens is 440 g/mol. The molecule has 0 atom stereocenters. The van der Waals surface area contributed by atoms with Crippen LogP contribution in [0.3, 0.4) is 0 Å². The van der Waals surface area contributed by atoms with Gasteiger partial charge in [0.2, 0.25) is 0 Å². The average molecular weight is 467 g/mol. The first-order valence-corrected chi connectivity index (χ1v) is 12.4. The van der Waals surface area contributed by atoms with E-state index in [4.69, 9.17) is 4.74 Å². The minimum atomic E-state index is -3.38. The van der Waals surface area contributed by atoms with E-state index >= 15 is 0 Å². The van der Waals surface area contributed by atoms with Gasteiger partial charge >= 0.3 is 6.01 Å². The molecule has 0 bridgehead atoms. The minimum Gasteiger partial charge on any atom is -0.423 e. The number of aromatic nitrogens is 3. The fourth-order valence-electron chi connectivity index (χ4n) is 3.32. The Labute approximate surface area is 193 Å². The number of rotatable bonds is 8. The third-order valence-electron chi connectivity index (χ3n) is 5.05. The number of benzene rings is 1. The maximum Gasteiger partial charge on any atom is 0.322 e. The first kappa shape index (κ1) is 24.1. The molecule has 0 saturated carbocycles. The van der Waals surface area contributed by atoms with Gasteiger partial charge in [-0.25, -0.2) is 8.42 Å². The second-order valence-electron chi connectivity index (χ2n) is 8.01. The third-order valence-corrected chi connectivity index (χ3v) is 6.70. The molecule has 0 N–H and O–H groups in total. The maximum absolute atomic E-state index is 12.6. The van der Waals surface area contributed by atoms with E-state index in [2.05, 4.69) is 16.0 Å². The smallest absolute Gasteiger partial charge is 0.322 e. The van der Waals surface area contributed by atoms with E-state index in [1.54, 1.807) is 50.5 Å². The van der Waals surface area contributed by atoms with Gasteiger partial charge in [0.05, 0.1) is 28.5 Å². The standard InChI is InChI=1S/C24H26N4O4S/c1-5-6-9-33(30,31)15-20-12-21(19-11-17(3)23(29)28(4)14-19)27-24(26-20)32-22-10-16(2)7-8-18(22)13-25/h7-8,10-12,14H,5-6,9,15H2,1-4H3. The molecule has 0 aliphatic heterocycles. The van der Waals surface area contributed by atoms with Crippen molar-refractivity contribution in [3.8, 4) is 29.1 Å². The molecule has 2 heterocycles. The molecule has 0 radical (unpaired) electrons. The van der Waals surface area contributed by atoms with Crippen LogP contribution in [0.15, 0.2) is 41.3 Å². The minimum absolute atomic E-state index is 0.0639. The van der Waals surface area contributed by atoms with Crippen molar-refractivity contribution < 1.29 is 13.2 Å². The zero-order valence-electron chi connectivity index (χ0n) is 19.1. The van der Waals surface area contributed by atoms with Crippen LogP contribution in [0.25, 0.3) is 11.3 Å². The van der Waals surface area contributed by atoms with E-state index in [0.717, 1.165) is 12.0 Å². The predicted molar refractivity (Wildman–Crippen MR) is 126 cm³/mol. The Hall–Kier alpha value is -3.51. The van der Waals surface area contributed by atoms with Crippen molar-refractivity contribution in [3.63, 3.8) is 0 Å². The Morgan fingerprint density at radius 3 is 2.58 bits per heavy atom. The molecule has 9 heteroatoms. The fourth-order valence-corrected chi connectivity index (χ4v) is 4.80. The highest BCUT2D eigenvalue weighted by atomic mass is 32.2. The fraction of sp³-hybridized carbons (Fsp3) is 0.333. The van der Waals surface area contributed by atoms with Crippen LogP contribution in [0, 0.1) is 25.2 Å². The lowest BCUT2D eigenvalue weighted by Gasteiger charge is -2.12. The summed E-state index contributed by atoms with van der Waals surface area (Å²) in [6, 6.07) is 10.4. The molecule has 0 saturated heterocycles. The van der Waals surface area contributed by atoms with Gasteiger partial charge in [0, 0.05) is 24.4 Å². The van der Waals surface area contributed by atoms with Gasteiger partial charge in [-0.05, 0) is 50.1 Å². The number of nitriles is 1. The third kappa shape index (κ3) is 6.05. The Kier molecular flexibility index (Phi) is 7.29. The number of hydrogen-bond donors (Lipinski definition) is 0. The highest BCUT2D eigenvalue weighted by molar-refractivity contribution is 7.90. The van der Waals surface area contributed by atoms with Gasteiger partial charge in [0.1, 0.15) is 11.8 Å². The van der Waals surface area contributed by atoms with Crippen LogP contribution >= 0.6 is 0 Å². The number of aryl methyl sites for hydroxylation is 3. The van der Waals surface area contributed by atoms with E-state index < -0.39 is 9.84 Å². The maximum atomic E-state index is 12.6. The summed E-state index contributed by atoms with van der Waals surface area (Å²) < 4.78 is 32.5. The number of pyridine rings is 1. The average Bonchev–Trinajstić information content (AvgIpc) is 2.75. The van der Waals surface area contributed by atoms with Crippen molar-refractivity contribution in [1.82, 2.24) is 14.5 Å². The molecule has 33 heavy (non-hydrogen) atoms. The summed E-state index contributed by atoms with van der Waals surface area (Å²) in [7, 11) is -1.74. The van der Waals surface area contributed by atoms with Crippen LogP contribution in [0.5, 0.6) is 11.8 Å². The van der Waals surface area contributed by atoms with Crippen molar-refractivity contribution in [2.75, 3.05) is 5.75 Å². The lowest BCUT2D eigenvalue weighted by atomic mass is 10.1. The van der Waals surface area contributed by atoms with Crippen molar-refractivity contribution in [3.05, 3.63) is 69.3 Å². The van der Waals surface area contributed by atoms with E-state index in [1.807, 2.05) is 13.8 Å². The summed E-state index contributed by atoms with van der Waals surface area (Å²) in [4.78, 5) is 20.9. The van der Waals surface area contributed by atoms with Gasteiger partial charge in [0.25, 0.3) is 5.56 Å². The summed E-state index contributed by atoms with van der Waals surface area (Å²) in [5, 5.41) is 9.41. The number of unbranched alkanes of at least 4 members (excludes halogenated alkanes) is 1. The topological polar surface area (TPSA) is 115 Å². The number of nitrogens with zero attached hydrogens (tertiary/aromatic N) is 4. The molecule has 8 nitrogen and oxygen atoms in total. The van der Waals surface area contributed by atoms with Gasteiger partial charge < -0.3 is 9.30 Å². The summed E-state index contributed by atoms with van der Waals surface area (Å²) in [5.41, 5.74) is 2.91. The molecule has 2 aromatic heterocycles. The summed E-state index contributed by atoms with van der Waals surface area (Å²) in [5.74, 6) is 0.0860. The molecule has 0 aliphatic carbocycles. The van der Waals surface area contributed by atoms with Crippen molar-refractivity contribution in [1.29, 1.82) is 5.26 Å². The molecule has 1 aromatic carbocycles. The van der Waals surface area contributed by atoms with E-state index in [9.17, 15) is 18.5 Å². The zero-order chi connectivity index (χ0) is 24.2. The second-order valence-corrected chi connectivity index (χ2v) is 10.2. The van der Waals surface area contributed by atoms with Gasteiger partial charge in [-0.1, -0.05) is 19.4 Å². The van der Waals surface area contributed by atoms with Crippen LogP contribution in [0.1, 0.15) is 42.1 Å². The summed E-state index contributed by atoms with van der Waals surface area (Å²) in [6.07, 6.45) is 2.97. The SMILES string of the molecule is CCCCS(=O)(=O)Cc1cc(-c2cc(C)c(=O)n(C)c2)nc(Oc2cc(C)ccc2C#N)n1. The van der Waals surface area contributed by atoms with E-state index in [1.165, 1.54) is 4.57 Å². The quantitative estimate of drug-likeness (QED) is 0.495. The van der Waals surface area contributed by atoms with E-state index in [0.29, 0.717) is 28.8 Å². The zero-order valence-corrected chi connectivity index (χ0v) is 19.9. The molecule has 3 rings (SSSR count). The first-order chi connectivity index (χ1) is 15.6. The Bertz CT molecular complexity index is 1360. The van der Waals surface area contributed by atoms with Gasteiger partial charge in [-0.3, -0.25) is 4.79 Å². The summed E-state index contributed by atoms with van der Waals surface area (Å²) >= 11 is 0. The van der Waals surface area contributed by atoms with Gasteiger partial charge in [-0.2, -0.15) is 15.2 Å². The molecule has 0 amide bonds. The molecule has 0 aliphatic rings. The molecular formula is C24H26N4O4S. The van der Waals surface area contributed by atoms with Crippen LogP contribution < -0.4 is 10.3 Å². The van der Waals surface area contributed by atoms with Crippen molar-refractivity contribution in [2.45, 2.75) is 39.4 Å². The predicted octanol–water partition coefficient (Wildman–Crippen LogP) is 3.84. The first-order valence-electron chi connectivity index (χ1n) is 10.6.